The fraction of sp³-hybridized carbons (Fsp3) is 0.188. The van der Waals surface area contributed by atoms with Crippen LogP contribution in [-0.2, 0) is 11.2 Å². The summed E-state index contributed by atoms with van der Waals surface area (Å²) in [4.78, 5) is 12.7. The van der Waals surface area contributed by atoms with E-state index in [2.05, 4.69) is 0 Å². The Morgan fingerprint density at radius 3 is 2.62 bits per heavy atom. The first kappa shape index (κ1) is 15.3. The maximum Gasteiger partial charge on any atom is 0.303 e. The van der Waals surface area contributed by atoms with Gasteiger partial charge in [0.1, 0.15) is 0 Å². The summed E-state index contributed by atoms with van der Waals surface area (Å²) in [7, 11) is 0. The van der Waals surface area contributed by atoms with Gasteiger partial charge in [0.2, 0.25) is 0 Å². The van der Waals surface area contributed by atoms with E-state index < -0.39 is 5.97 Å². The first-order valence-electron chi connectivity index (χ1n) is 6.69. The van der Waals surface area contributed by atoms with E-state index in [1.54, 1.807) is 11.8 Å². The fourth-order valence-corrected chi connectivity index (χ4v) is 3.15. The average molecular weight is 302 g/mol. The van der Waals surface area contributed by atoms with Crippen molar-refractivity contribution in [3.05, 3.63) is 48.0 Å². The van der Waals surface area contributed by atoms with Crippen LogP contribution in [0.3, 0.4) is 0 Å². The molecule has 4 nitrogen and oxygen atoms in total. The van der Waals surface area contributed by atoms with Gasteiger partial charge in [-0.1, -0.05) is 23.9 Å². The second kappa shape index (κ2) is 7.04. The van der Waals surface area contributed by atoms with Gasteiger partial charge in [-0.2, -0.15) is 0 Å². The van der Waals surface area contributed by atoms with Gasteiger partial charge in [0.05, 0.1) is 0 Å². The quantitative estimate of drug-likeness (QED) is 0.711. The van der Waals surface area contributed by atoms with Crippen LogP contribution in [-0.4, -0.2) is 11.1 Å². The molecular formula is C16H18N2O2S. The van der Waals surface area contributed by atoms with E-state index in [9.17, 15) is 4.79 Å². The molecule has 2 rings (SSSR count). The molecule has 0 fully saturated rings. The van der Waals surface area contributed by atoms with Crippen molar-refractivity contribution >= 4 is 29.1 Å². The molecule has 0 saturated heterocycles. The van der Waals surface area contributed by atoms with Crippen molar-refractivity contribution in [1.29, 1.82) is 0 Å². The number of hydrogen-bond acceptors (Lipinski definition) is 4. The number of nitrogens with two attached hydrogens (primary N) is 2. The van der Waals surface area contributed by atoms with Gasteiger partial charge in [-0.05, 0) is 48.7 Å². The molecule has 0 bridgehead atoms. The number of anilines is 2. The van der Waals surface area contributed by atoms with Crippen LogP contribution < -0.4 is 11.5 Å². The van der Waals surface area contributed by atoms with Gasteiger partial charge in [-0.3, -0.25) is 4.79 Å². The van der Waals surface area contributed by atoms with E-state index in [1.807, 2.05) is 42.5 Å². The van der Waals surface area contributed by atoms with Crippen LogP contribution in [0, 0.1) is 0 Å². The minimum atomic E-state index is -0.783. The minimum absolute atomic E-state index is 0.150. The average Bonchev–Trinajstić information content (AvgIpc) is 2.41. The van der Waals surface area contributed by atoms with Crippen molar-refractivity contribution in [2.45, 2.75) is 29.1 Å². The van der Waals surface area contributed by atoms with Crippen LogP contribution in [0.25, 0.3) is 0 Å². The van der Waals surface area contributed by atoms with E-state index in [1.165, 1.54) is 0 Å². The topological polar surface area (TPSA) is 89.3 Å². The lowest BCUT2D eigenvalue weighted by Crippen LogP contribution is -2.00. The number of carbonyl (C=O) groups is 1. The Labute approximate surface area is 128 Å². The first-order chi connectivity index (χ1) is 10.1. The van der Waals surface area contributed by atoms with Crippen LogP contribution >= 0.6 is 11.8 Å². The summed E-state index contributed by atoms with van der Waals surface area (Å²) in [5.74, 6) is -0.783. The number of benzene rings is 2. The summed E-state index contributed by atoms with van der Waals surface area (Å²) < 4.78 is 0. The maximum atomic E-state index is 10.6. The number of carboxylic acids is 1. The summed E-state index contributed by atoms with van der Waals surface area (Å²) >= 11 is 1.59. The molecule has 5 N–H and O–H groups in total. The Bertz CT molecular complexity index is 644. The van der Waals surface area contributed by atoms with E-state index >= 15 is 0 Å². The van der Waals surface area contributed by atoms with Crippen LogP contribution in [0.15, 0.2) is 52.3 Å². The normalized spacial score (nSPS) is 10.5. The molecule has 2 aromatic rings. The van der Waals surface area contributed by atoms with Crippen molar-refractivity contribution in [2.24, 2.45) is 0 Å². The summed E-state index contributed by atoms with van der Waals surface area (Å²) in [6.07, 6.45) is 1.38. The number of hydrogen-bond donors (Lipinski definition) is 3. The zero-order valence-corrected chi connectivity index (χ0v) is 12.4. The molecule has 0 aliphatic carbocycles. The van der Waals surface area contributed by atoms with Gasteiger partial charge in [0.15, 0.2) is 0 Å². The molecule has 0 heterocycles. The van der Waals surface area contributed by atoms with Gasteiger partial charge in [0, 0.05) is 27.6 Å². The molecule has 21 heavy (non-hydrogen) atoms. The Morgan fingerprint density at radius 2 is 1.90 bits per heavy atom. The molecule has 110 valence electrons. The SMILES string of the molecule is Nc1cccc(Sc2cccc(N)c2CCCC(=O)O)c1. The Morgan fingerprint density at radius 1 is 1.14 bits per heavy atom. The van der Waals surface area contributed by atoms with Crippen LogP contribution in [0.4, 0.5) is 11.4 Å². The highest BCUT2D eigenvalue weighted by Gasteiger charge is 2.09. The number of nitrogen functional groups attached to an aromatic ring is 2. The van der Waals surface area contributed by atoms with Crippen molar-refractivity contribution in [1.82, 2.24) is 0 Å². The van der Waals surface area contributed by atoms with Crippen LogP contribution in [0.5, 0.6) is 0 Å². The lowest BCUT2D eigenvalue weighted by Gasteiger charge is -2.12. The summed E-state index contributed by atoms with van der Waals surface area (Å²) in [6.45, 7) is 0. The van der Waals surface area contributed by atoms with E-state index in [0.717, 1.165) is 21.0 Å². The zero-order chi connectivity index (χ0) is 15.2. The Hall–Kier alpha value is -2.14. The monoisotopic (exact) mass is 302 g/mol. The number of aliphatic carboxylic acids is 1. The molecular weight excluding hydrogens is 284 g/mol. The smallest absolute Gasteiger partial charge is 0.303 e. The number of carboxylic acid groups (broad SMARTS) is 1. The van der Waals surface area contributed by atoms with E-state index in [-0.39, 0.29) is 6.42 Å². The Balaban J connectivity index is 2.18. The molecule has 0 aliphatic heterocycles. The van der Waals surface area contributed by atoms with E-state index in [0.29, 0.717) is 18.5 Å². The van der Waals surface area contributed by atoms with Crippen molar-refractivity contribution < 1.29 is 9.90 Å². The second-order valence-electron chi connectivity index (χ2n) is 4.75. The predicted molar refractivity (Wildman–Crippen MR) is 86.4 cm³/mol. The second-order valence-corrected chi connectivity index (χ2v) is 5.86. The highest BCUT2D eigenvalue weighted by molar-refractivity contribution is 7.99. The molecule has 0 aromatic heterocycles. The maximum absolute atomic E-state index is 10.6. The van der Waals surface area contributed by atoms with Crippen LogP contribution in [0.2, 0.25) is 0 Å². The van der Waals surface area contributed by atoms with Gasteiger partial charge in [-0.25, -0.2) is 0 Å². The van der Waals surface area contributed by atoms with Gasteiger partial charge < -0.3 is 16.6 Å². The molecule has 0 radical (unpaired) electrons. The highest BCUT2D eigenvalue weighted by Crippen LogP contribution is 2.34. The number of rotatable bonds is 6. The van der Waals surface area contributed by atoms with E-state index in [4.69, 9.17) is 16.6 Å². The van der Waals surface area contributed by atoms with Crippen LogP contribution in [0.1, 0.15) is 18.4 Å². The van der Waals surface area contributed by atoms with Gasteiger partial charge in [0.25, 0.3) is 0 Å². The fourth-order valence-electron chi connectivity index (χ4n) is 2.07. The summed E-state index contributed by atoms with van der Waals surface area (Å²) in [6, 6.07) is 13.4. The molecule has 0 unspecified atom stereocenters. The standard InChI is InChI=1S/C16H18N2O2S/c17-11-4-1-5-12(10-11)21-15-8-3-7-14(18)13(15)6-2-9-16(19)20/h1,3-5,7-8,10H,2,6,9,17-18H2,(H,19,20). The molecule has 0 saturated carbocycles. The highest BCUT2D eigenvalue weighted by atomic mass is 32.2. The minimum Gasteiger partial charge on any atom is -0.481 e. The molecule has 0 amide bonds. The lowest BCUT2D eigenvalue weighted by atomic mass is 10.1. The lowest BCUT2D eigenvalue weighted by molar-refractivity contribution is -0.137. The van der Waals surface area contributed by atoms with Gasteiger partial charge in [-0.15, -0.1) is 0 Å². The van der Waals surface area contributed by atoms with Gasteiger partial charge >= 0.3 is 5.97 Å². The molecule has 0 aliphatic rings. The third kappa shape index (κ3) is 4.43. The van der Waals surface area contributed by atoms with Crippen molar-refractivity contribution in [2.75, 3.05) is 11.5 Å². The first-order valence-corrected chi connectivity index (χ1v) is 7.50. The third-order valence-electron chi connectivity index (χ3n) is 3.07. The molecule has 5 heteroatoms. The molecule has 2 aromatic carbocycles. The molecule has 0 spiro atoms. The van der Waals surface area contributed by atoms with Crippen molar-refractivity contribution in [3.63, 3.8) is 0 Å². The van der Waals surface area contributed by atoms with Crippen molar-refractivity contribution in [3.8, 4) is 0 Å². The third-order valence-corrected chi connectivity index (χ3v) is 4.16. The summed E-state index contributed by atoms with van der Waals surface area (Å²) in [5, 5.41) is 8.75. The zero-order valence-electron chi connectivity index (χ0n) is 11.6. The predicted octanol–water partition coefficient (Wildman–Crippen LogP) is 3.41. The largest absolute Gasteiger partial charge is 0.481 e. The summed E-state index contributed by atoms with van der Waals surface area (Å²) in [5.41, 5.74) is 14.3. The Kier molecular flexibility index (Phi) is 5.11. The molecule has 0 atom stereocenters.